The molecule has 1 fully saturated rings. The normalized spacial score (nSPS) is 22.0. The van der Waals surface area contributed by atoms with Gasteiger partial charge in [0.25, 0.3) is 5.91 Å². The number of nitrogens with one attached hydrogen (secondary N) is 1. The van der Waals surface area contributed by atoms with Crippen molar-refractivity contribution in [1.82, 2.24) is 20.4 Å². The number of piperidine rings is 1. The molecule has 1 N–H and O–H groups in total. The number of fused-ring (bicyclic) bond motifs is 2. The molecule has 0 saturated carbocycles. The molecule has 0 spiro atoms. The molecule has 0 atom stereocenters. The fourth-order valence-electron chi connectivity index (χ4n) is 4.93. The SMILES string of the molecule is CNC(=O)c1ccc(-c2ccc3c(c2)CN2CCC3(c3ccc(F)c(F)c3)CC2)nn1. The first-order valence-electron chi connectivity index (χ1n) is 10.4. The van der Waals surface area contributed by atoms with Crippen molar-refractivity contribution in [2.24, 2.45) is 0 Å². The molecule has 3 aliphatic heterocycles. The largest absolute Gasteiger partial charge is 0.354 e. The summed E-state index contributed by atoms with van der Waals surface area (Å²) in [6.07, 6.45) is 1.73. The van der Waals surface area contributed by atoms with Crippen LogP contribution in [0.15, 0.2) is 48.5 Å². The smallest absolute Gasteiger partial charge is 0.271 e. The summed E-state index contributed by atoms with van der Waals surface area (Å²) in [6, 6.07) is 14.0. The van der Waals surface area contributed by atoms with Crippen molar-refractivity contribution in [3.8, 4) is 11.3 Å². The Bertz CT molecular complexity index is 1150. The third kappa shape index (κ3) is 3.29. The van der Waals surface area contributed by atoms with E-state index in [1.165, 1.54) is 12.1 Å². The lowest BCUT2D eigenvalue weighted by Crippen LogP contribution is -2.39. The fraction of sp³-hybridized carbons (Fsp3) is 0.292. The highest BCUT2D eigenvalue weighted by Gasteiger charge is 2.42. The Morgan fingerprint density at radius 1 is 1.00 bits per heavy atom. The maximum absolute atomic E-state index is 14.1. The van der Waals surface area contributed by atoms with Gasteiger partial charge >= 0.3 is 0 Å². The molecule has 0 aliphatic carbocycles. The van der Waals surface area contributed by atoms with Crippen molar-refractivity contribution in [3.63, 3.8) is 0 Å². The second-order valence-electron chi connectivity index (χ2n) is 8.24. The molecule has 3 aliphatic rings. The number of rotatable bonds is 3. The quantitative estimate of drug-likeness (QED) is 0.702. The number of amides is 1. The average Bonchev–Trinajstić information content (AvgIpc) is 3.06. The number of halogens is 2. The Kier molecular flexibility index (Phi) is 4.78. The van der Waals surface area contributed by atoms with Crippen molar-refractivity contribution in [3.05, 3.63) is 82.5 Å². The van der Waals surface area contributed by atoms with Crippen molar-refractivity contribution < 1.29 is 13.6 Å². The second kappa shape index (κ2) is 7.50. The van der Waals surface area contributed by atoms with E-state index in [4.69, 9.17) is 0 Å². The van der Waals surface area contributed by atoms with E-state index in [2.05, 4.69) is 32.5 Å². The third-order valence-electron chi connectivity index (χ3n) is 6.62. The zero-order chi connectivity index (χ0) is 21.6. The lowest BCUT2D eigenvalue weighted by atomic mass is 9.68. The van der Waals surface area contributed by atoms with E-state index in [1.54, 1.807) is 25.2 Å². The highest BCUT2D eigenvalue weighted by molar-refractivity contribution is 5.92. The molecular formula is C24H22F2N4O. The van der Waals surface area contributed by atoms with Gasteiger partial charge in [0.15, 0.2) is 17.3 Å². The van der Waals surface area contributed by atoms with Gasteiger partial charge in [0.2, 0.25) is 0 Å². The molecule has 6 rings (SSSR count). The van der Waals surface area contributed by atoms with Gasteiger partial charge in [0.05, 0.1) is 5.69 Å². The highest BCUT2D eigenvalue weighted by Crippen LogP contribution is 2.47. The van der Waals surface area contributed by atoms with Crippen LogP contribution in [-0.4, -0.2) is 41.1 Å². The highest BCUT2D eigenvalue weighted by atomic mass is 19.2. The van der Waals surface area contributed by atoms with Crippen LogP contribution in [-0.2, 0) is 12.0 Å². The molecule has 5 nitrogen and oxygen atoms in total. The molecule has 3 aromatic rings. The Balaban J connectivity index is 1.58. The van der Waals surface area contributed by atoms with Gasteiger partial charge in [0, 0.05) is 24.6 Å². The minimum atomic E-state index is -0.819. The summed E-state index contributed by atoms with van der Waals surface area (Å²) >= 11 is 0. The average molecular weight is 420 g/mol. The summed E-state index contributed by atoms with van der Waals surface area (Å²) in [4.78, 5) is 14.1. The number of hydrogen-bond donors (Lipinski definition) is 1. The first-order valence-corrected chi connectivity index (χ1v) is 10.4. The van der Waals surface area contributed by atoms with Gasteiger partial charge < -0.3 is 5.32 Å². The zero-order valence-corrected chi connectivity index (χ0v) is 17.2. The standard InChI is InChI=1S/C24H22F2N4O/c1-27-23(31)22-7-6-21(28-29-22)15-2-4-18-16(12-15)14-30-10-8-24(18,9-11-30)17-3-5-19(25)20(26)13-17/h2-7,12-13H,8-11,14H2,1H3,(H,27,31). The molecule has 158 valence electrons. The number of benzene rings is 2. The molecule has 2 bridgehead atoms. The predicted molar refractivity (Wildman–Crippen MR) is 113 cm³/mol. The lowest BCUT2D eigenvalue weighted by molar-refractivity contribution is 0.0957. The van der Waals surface area contributed by atoms with Crippen molar-refractivity contribution in [2.45, 2.75) is 24.8 Å². The molecule has 1 aromatic heterocycles. The van der Waals surface area contributed by atoms with Gasteiger partial charge in [-0.15, -0.1) is 10.2 Å². The number of hydrogen-bond acceptors (Lipinski definition) is 4. The maximum Gasteiger partial charge on any atom is 0.271 e. The fourth-order valence-corrected chi connectivity index (χ4v) is 4.93. The number of carbonyl (C=O) groups excluding carboxylic acids is 1. The van der Waals surface area contributed by atoms with Crippen LogP contribution < -0.4 is 5.32 Å². The summed E-state index contributed by atoms with van der Waals surface area (Å²) in [7, 11) is 1.55. The monoisotopic (exact) mass is 420 g/mol. The van der Waals surface area contributed by atoms with Crippen LogP contribution >= 0.6 is 0 Å². The van der Waals surface area contributed by atoms with Crippen molar-refractivity contribution in [2.75, 3.05) is 20.1 Å². The van der Waals surface area contributed by atoms with Crippen LogP contribution in [0.1, 0.15) is 40.0 Å². The molecule has 0 radical (unpaired) electrons. The van der Waals surface area contributed by atoms with Gasteiger partial charge in [-0.3, -0.25) is 9.69 Å². The first-order chi connectivity index (χ1) is 15.0. The first kappa shape index (κ1) is 19.8. The Morgan fingerprint density at radius 2 is 1.81 bits per heavy atom. The molecule has 4 heterocycles. The van der Waals surface area contributed by atoms with E-state index in [9.17, 15) is 13.6 Å². The molecule has 7 heteroatoms. The van der Waals surface area contributed by atoms with Gasteiger partial charge in [-0.25, -0.2) is 8.78 Å². The predicted octanol–water partition coefficient (Wildman–Crippen LogP) is 3.68. The van der Waals surface area contributed by atoms with Gasteiger partial charge in [0.1, 0.15) is 0 Å². The maximum atomic E-state index is 14.1. The third-order valence-corrected chi connectivity index (χ3v) is 6.62. The molecule has 2 aromatic carbocycles. The lowest BCUT2D eigenvalue weighted by Gasteiger charge is -2.39. The van der Waals surface area contributed by atoms with Crippen molar-refractivity contribution in [1.29, 1.82) is 0 Å². The van der Waals surface area contributed by atoms with Gasteiger partial charge in [-0.05, 0) is 73.0 Å². The Hall–Kier alpha value is -3.19. The second-order valence-corrected chi connectivity index (χ2v) is 8.24. The molecule has 0 unspecified atom stereocenters. The van der Waals surface area contributed by atoms with E-state index < -0.39 is 11.6 Å². The minimum Gasteiger partial charge on any atom is -0.354 e. The van der Waals surface area contributed by atoms with E-state index in [-0.39, 0.29) is 17.0 Å². The summed E-state index contributed by atoms with van der Waals surface area (Å²) in [5.74, 6) is -1.90. The molecule has 1 saturated heterocycles. The molecule has 31 heavy (non-hydrogen) atoms. The minimum absolute atomic E-state index is 0.266. The van der Waals surface area contributed by atoms with Crippen LogP contribution in [0.2, 0.25) is 0 Å². The summed E-state index contributed by atoms with van der Waals surface area (Å²) in [6.45, 7) is 2.62. The van der Waals surface area contributed by atoms with Crippen LogP contribution in [0, 0.1) is 11.6 Å². The summed E-state index contributed by atoms with van der Waals surface area (Å²) < 4.78 is 27.7. The van der Waals surface area contributed by atoms with E-state index in [0.29, 0.717) is 5.69 Å². The van der Waals surface area contributed by atoms with Crippen LogP contribution in [0.4, 0.5) is 8.78 Å². The van der Waals surface area contributed by atoms with E-state index in [1.807, 2.05) is 6.07 Å². The van der Waals surface area contributed by atoms with E-state index in [0.717, 1.165) is 54.7 Å². The Labute approximate surface area is 179 Å². The van der Waals surface area contributed by atoms with Crippen molar-refractivity contribution >= 4 is 5.91 Å². The number of aromatic nitrogens is 2. The summed E-state index contributed by atoms with van der Waals surface area (Å²) in [5.41, 5.74) is 4.69. The molecule has 1 amide bonds. The van der Waals surface area contributed by atoms with Gasteiger partial charge in [-0.1, -0.05) is 18.2 Å². The van der Waals surface area contributed by atoms with Crippen LogP contribution in [0.5, 0.6) is 0 Å². The summed E-state index contributed by atoms with van der Waals surface area (Å²) in [5, 5.41) is 10.8. The number of carbonyl (C=O) groups is 1. The van der Waals surface area contributed by atoms with Gasteiger partial charge in [-0.2, -0.15) is 0 Å². The molecular weight excluding hydrogens is 398 g/mol. The van der Waals surface area contributed by atoms with Crippen LogP contribution in [0.3, 0.4) is 0 Å². The zero-order valence-electron chi connectivity index (χ0n) is 17.2. The Morgan fingerprint density at radius 3 is 2.48 bits per heavy atom. The van der Waals surface area contributed by atoms with E-state index >= 15 is 0 Å². The number of nitrogens with zero attached hydrogens (tertiary/aromatic N) is 3. The topological polar surface area (TPSA) is 58.1 Å². The van der Waals surface area contributed by atoms with Crippen LogP contribution in [0.25, 0.3) is 11.3 Å².